The normalized spacial score (nSPS) is 12.9. The van der Waals surface area contributed by atoms with Crippen molar-refractivity contribution in [2.45, 2.75) is 40.2 Å². The molecule has 0 aromatic heterocycles. The molecule has 1 unspecified atom stereocenters. The highest BCUT2D eigenvalue weighted by molar-refractivity contribution is 5.81. The molecule has 19 heavy (non-hydrogen) atoms. The van der Waals surface area contributed by atoms with Crippen molar-refractivity contribution in [2.24, 2.45) is 5.41 Å². The van der Waals surface area contributed by atoms with Gasteiger partial charge >= 0.3 is 0 Å². The molecule has 0 N–H and O–H groups in total. The monoisotopic (exact) mass is 263 g/mol. The summed E-state index contributed by atoms with van der Waals surface area (Å²) < 4.78 is 5.35. The van der Waals surface area contributed by atoms with E-state index in [0.29, 0.717) is 0 Å². The average Bonchev–Trinajstić information content (AvgIpc) is 2.36. The molecule has 0 saturated heterocycles. The van der Waals surface area contributed by atoms with Gasteiger partial charge in [-0.25, -0.2) is 0 Å². The van der Waals surface area contributed by atoms with Crippen molar-refractivity contribution >= 4 is 5.91 Å². The predicted octanol–water partition coefficient (Wildman–Crippen LogP) is 3.13. The number of methoxy groups -OCH3 is 1. The third-order valence-electron chi connectivity index (χ3n) is 3.33. The Labute approximate surface area is 116 Å². The number of amides is 1. The quantitative estimate of drug-likeness (QED) is 0.835. The Hall–Kier alpha value is -1.51. The average molecular weight is 263 g/mol. The van der Waals surface area contributed by atoms with E-state index in [1.807, 2.05) is 57.0 Å². The van der Waals surface area contributed by atoms with Gasteiger partial charge in [-0.15, -0.1) is 0 Å². The van der Waals surface area contributed by atoms with E-state index < -0.39 is 0 Å². The second-order valence-electron chi connectivity index (χ2n) is 6.03. The van der Waals surface area contributed by atoms with Crippen molar-refractivity contribution < 1.29 is 9.53 Å². The van der Waals surface area contributed by atoms with Crippen LogP contribution in [-0.2, 0) is 11.2 Å². The van der Waals surface area contributed by atoms with Crippen LogP contribution in [0.1, 0.15) is 33.3 Å². The van der Waals surface area contributed by atoms with Gasteiger partial charge < -0.3 is 9.64 Å². The number of carbonyl (C=O) groups excluding carboxylic acids is 1. The lowest BCUT2D eigenvalue weighted by molar-refractivity contribution is -0.139. The van der Waals surface area contributed by atoms with Gasteiger partial charge in [0.25, 0.3) is 0 Å². The van der Waals surface area contributed by atoms with Crippen LogP contribution in [0.5, 0.6) is 5.75 Å². The number of nitrogens with zero attached hydrogens (tertiary/aromatic N) is 1. The molecule has 3 nitrogen and oxygen atoms in total. The zero-order valence-corrected chi connectivity index (χ0v) is 12.9. The van der Waals surface area contributed by atoms with Crippen molar-refractivity contribution in [2.75, 3.05) is 14.2 Å². The highest BCUT2D eigenvalue weighted by atomic mass is 16.5. The van der Waals surface area contributed by atoms with E-state index in [9.17, 15) is 4.79 Å². The van der Waals surface area contributed by atoms with Crippen molar-refractivity contribution in [1.29, 1.82) is 0 Å². The molecule has 0 spiro atoms. The summed E-state index contributed by atoms with van der Waals surface area (Å²) >= 11 is 0. The molecule has 0 fully saturated rings. The van der Waals surface area contributed by atoms with Gasteiger partial charge in [0.1, 0.15) is 5.75 Å². The van der Waals surface area contributed by atoms with Gasteiger partial charge in [-0.3, -0.25) is 4.79 Å². The molecule has 1 amide bonds. The number of hydrogen-bond donors (Lipinski definition) is 0. The van der Waals surface area contributed by atoms with Gasteiger partial charge in [-0.05, 0) is 25.0 Å². The van der Waals surface area contributed by atoms with Gasteiger partial charge in [0, 0.05) is 18.5 Å². The fraction of sp³-hybridized carbons (Fsp3) is 0.562. The molecule has 0 aliphatic rings. The highest BCUT2D eigenvalue weighted by Gasteiger charge is 2.27. The Morgan fingerprint density at radius 3 is 2.42 bits per heavy atom. The lowest BCUT2D eigenvalue weighted by atomic mass is 9.93. The van der Waals surface area contributed by atoms with E-state index in [-0.39, 0.29) is 17.4 Å². The maximum atomic E-state index is 12.2. The first-order chi connectivity index (χ1) is 8.77. The van der Waals surface area contributed by atoms with Crippen molar-refractivity contribution in [3.8, 4) is 5.75 Å². The second-order valence-corrected chi connectivity index (χ2v) is 6.03. The minimum absolute atomic E-state index is 0.142. The summed E-state index contributed by atoms with van der Waals surface area (Å²) in [4.78, 5) is 14.1. The number of hydrogen-bond acceptors (Lipinski definition) is 2. The second kappa shape index (κ2) is 6.09. The minimum atomic E-state index is -0.343. The standard InChI is InChI=1S/C16H25NO2/c1-12(17(5)15(18)16(2,3)4)11-13-9-7-8-10-14(13)19-6/h7-10,12H,11H2,1-6H3. The van der Waals surface area contributed by atoms with E-state index in [1.165, 1.54) is 0 Å². The molecule has 106 valence electrons. The highest BCUT2D eigenvalue weighted by Crippen LogP contribution is 2.23. The Morgan fingerprint density at radius 1 is 1.32 bits per heavy atom. The minimum Gasteiger partial charge on any atom is -0.496 e. The van der Waals surface area contributed by atoms with Crippen LogP contribution in [0.15, 0.2) is 24.3 Å². The summed E-state index contributed by atoms with van der Waals surface area (Å²) in [5.41, 5.74) is 0.787. The van der Waals surface area contributed by atoms with Crippen LogP contribution in [-0.4, -0.2) is 31.0 Å². The van der Waals surface area contributed by atoms with Crippen molar-refractivity contribution in [1.82, 2.24) is 4.90 Å². The summed E-state index contributed by atoms with van der Waals surface area (Å²) in [6.45, 7) is 7.90. The van der Waals surface area contributed by atoms with Gasteiger partial charge in [-0.1, -0.05) is 39.0 Å². The van der Waals surface area contributed by atoms with Crippen LogP contribution in [0.25, 0.3) is 0 Å². The summed E-state index contributed by atoms with van der Waals surface area (Å²) in [5.74, 6) is 1.04. The maximum Gasteiger partial charge on any atom is 0.227 e. The third kappa shape index (κ3) is 3.98. The largest absolute Gasteiger partial charge is 0.496 e. The van der Waals surface area contributed by atoms with Crippen molar-refractivity contribution in [3.63, 3.8) is 0 Å². The zero-order chi connectivity index (χ0) is 14.6. The number of para-hydroxylation sites is 1. The Morgan fingerprint density at radius 2 is 1.89 bits per heavy atom. The van der Waals surface area contributed by atoms with Gasteiger partial charge in [0.15, 0.2) is 0 Å². The molecule has 3 heteroatoms. The Kier molecular flexibility index (Phi) is 4.98. The van der Waals surface area contributed by atoms with Crippen LogP contribution < -0.4 is 4.74 Å². The van der Waals surface area contributed by atoms with Crippen LogP contribution in [0.4, 0.5) is 0 Å². The van der Waals surface area contributed by atoms with E-state index in [4.69, 9.17) is 4.74 Å². The Bertz CT molecular complexity index is 435. The summed E-state index contributed by atoms with van der Waals surface area (Å²) in [6, 6.07) is 8.09. The fourth-order valence-electron chi connectivity index (χ4n) is 2.06. The van der Waals surface area contributed by atoms with E-state index >= 15 is 0 Å². The molecule has 1 rings (SSSR count). The number of benzene rings is 1. The number of carbonyl (C=O) groups is 1. The number of rotatable bonds is 4. The molecule has 0 aliphatic carbocycles. The number of ether oxygens (including phenoxy) is 1. The van der Waals surface area contributed by atoms with Gasteiger partial charge in [0.2, 0.25) is 5.91 Å². The Balaban J connectivity index is 2.79. The van der Waals surface area contributed by atoms with Crippen LogP contribution in [0, 0.1) is 5.41 Å². The lowest BCUT2D eigenvalue weighted by Gasteiger charge is -2.31. The van der Waals surface area contributed by atoms with Crippen LogP contribution in [0.2, 0.25) is 0 Å². The predicted molar refractivity (Wildman–Crippen MR) is 78.4 cm³/mol. The van der Waals surface area contributed by atoms with E-state index in [2.05, 4.69) is 6.92 Å². The molecule has 0 heterocycles. The van der Waals surface area contributed by atoms with E-state index in [1.54, 1.807) is 7.11 Å². The van der Waals surface area contributed by atoms with Gasteiger partial charge in [0.05, 0.1) is 7.11 Å². The molecule has 1 atom stereocenters. The van der Waals surface area contributed by atoms with Crippen LogP contribution >= 0.6 is 0 Å². The van der Waals surface area contributed by atoms with Gasteiger partial charge in [-0.2, -0.15) is 0 Å². The summed E-state index contributed by atoms with van der Waals surface area (Å²) in [7, 11) is 3.54. The molecule has 0 bridgehead atoms. The molecule has 0 aliphatic heterocycles. The topological polar surface area (TPSA) is 29.5 Å². The first-order valence-corrected chi connectivity index (χ1v) is 6.66. The molecular formula is C16H25NO2. The summed E-state index contributed by atoms with van der Waals surface area (Å²) in [6.07, 6.45) is 0.794. The van der Waals surface area contributed by atoms with E-state index in [0.717, 1.165) is 17.7 Å². The molecule has 1 aromatic carbocycles. The zero-order valence-electron chi connectivity index (χ0n) is 12.9. The molecular weight excluding hydrogens is 238 g/mol. The van der Waals surface area contributed by atoms with Crippen LogP contribution in [0.3, 0.4) is 0 Å². The summed E-state index contributed by atoms with van der Waals surface area (Å²) in [5, 5.41) is 0. The smallest absolute Gasteiger partial charge is 0.227 e. The molecule has 0 saturated carbocycles. The molecule has 1 aromatic rings. The number of likely N-dealkylation sites (N-methyl/N-ethyl adjacent to an activating group) is 1. The first kappa shape index (κ1) is 15.5. The first-order valence-electron chi connectivity index (χ1n) is 6.66. The SMILES string of the molecule is COc1ccccc1CC(C)N(C)C(=O)C(C)(C)C. The molecule has 0 radical (unpaired) electrons. The maximum absolute atomic E-state index is 12.2. The third-order valence-corrected chi connectivity index (χ3v) is 3.33. The fourth-order valence-corrected chi connectivity index (χ4v) is 2.06. The lowest BCUT2D eigenvalue weighted by Crippen LogP contribution is -2.42. The van der Waals surface area contributed by atoms with Crippen molar-refractivity contribution in [3.05, 3.63) is 29.8 Å².